The zero-order valence-electron chi connectivity index (χ0n) is 8.87. The Bertz CT molecular complexity index is 353. The number of aliphatic hydroxyl groups is 2. The van der Waals surface area contributed by atoms with Crippen molar-refractivity contribution in [3.05, 3.63) is 12.2 Å². The van der Waals surface area contributed by atoms with Crippen LogP contribution >= 0.6 is 0 Å². The highest BCUT2D eigenvalue weighted by atomic mass is 16.6. The first-order chi connectivity index (χ1) is 7.66. The smallest absolute Gasteiger partial charge is 0.215 e. The van der Waals surface area contributed by atoms with Crippen LogP contribution in [0.3, 0.4) is 0 Å². The van der Waals surface area contributed by atoms with Gasteiger partial charge in [0.05, 0.1) is 0 Å². The van der Waals surface area contributed by atoms with Gasteiger partial charge in [0.25, 0.3) is 0 Å². The fraction of sp³-hybridized carbons (Fsp3) is 0.625. The van der Waals surface area contributed by atoms with Gasteiger partial charge in [0.15, 0.2) is 18.4 Å². The Labute approximate surface area is 92.2 Å². The van der Waals surface area contributed by atoms with E-state index in [1.807, 2.05) is 0 Å². The molecule has 1 saturated heterocycles. The number of rotatable bonds is 2. The van der Waals surface area contributed by atoms with Gasteiger partial charge in [0, 0.05) is 13.5 Å². The second-order valence-corrected chi connectivity index (χ2v) is 3.08. The van der Waals surface area contributed by atoms with Gasteiger partial charge in [-0.25, -0.2) is 9.67 Å². The second-order valence-electron chi connectivity index (χ2n) is 3.08. The molecule has 2 rings (SSSR count). The Morgan fingerprint density at radius 3 is 2.75 bits per heavy atom. The van der Waals surface area contributed by atoms with Gasteiger partial charge in [-0.1, -0.05) is 0 Å². The van der Waals surface area contributed by atoms with Crippen LogP contribution in [0.2, 0.25) is 0 Å². The lowest BCUT2D eigenvalue weighted by Crippen LogP contribution is -2.15. The van der Waals surface area contributed by atoms with Crippen molar-refractivity contribution in [2.45, 2.75) is 25.4 Å². The summed E-state index contributed by atoms with van der Waals surface area (Å²) in [5, 5.41) is 27.2. The summed E-state index contributed by atoms with van der Waals surface area (Å²) in [4.78, 5) is 3.83. The Morgan fingerprint density at radius 1 is 1.62 bits per heavy atom. The number of nitrogens with zero attached hydrogens (tertiary/aromatic N) is 3. The molecule has 2 atom stereocenters. The number of aromatic nitrogens is 3. The van der Waals surface area contributed by atoms with Gasteiger partial charge in [-0.15, -0.1) is 5.10 Å². The van der Waals surface area contributed by atoms with Crippen LogP contribution in [0.4, 0.5) is 0 Å². The Balaban J connectivity index is 0.000000606. The highest BCUT2D eigenvalue weighted by molar-refractivity contribution is 5.90. The van der Waals surface area contributed by atoms with Crippen molar-refractivity contribution in [3.8, 4) is 0 Å². The fourth-order valence-electron chi connectivity index (χ4n) is 1.33. The van der Waals surface area contributed by atoms with E-state index in [9.17, 15) is 0 Å². The minimum absolute atomic E-state index is 0.176. The first kappa shape index (κ1) is 12.6. The molecule has 1 fully saturated rings. The lowest BCUT2D eigenvalue weighted by atomic mass is 10.3. The van der Waals surface area contributed by atoms with E-state index in [0.29, 0.717) is 12.8 Å². The second kappa shape index (κ2) is 5.54. The first-order valence-electron chi connectivity index (χ1n) is 4.70. The summed E-state index contributed by atoms with van der Waals surface area (Å²) in [5.41, 5.74) is 5.21. The van der Waals surface area contributed by atoms with E-state index in [2.05, 4.69) is 10.1 Å². The lowest BCUT2D eigenvalue weighted by molar-refractivity contribution is -0.116. The van der Waals surface area contributed by atoms with Gasteiger partial charge < -0.3 is 20.7 Å². The van der Waals surface area contributed by atoms with Crippen LogP contribution < -0.4 is 5.73 Å². The van der Waals surface area contributed by atoms with Gasteiger partial charge in [0.2, 0.25) is 5.82 Å². The summed E-state index contributed by atoms with van der Waals surface area (Å²) >= 11 is 0. The highest BCUT2D eigenvalue weighted by Crippen LogP contribution is 2.25. The molecule has 8 heteroatoms. The summed E-state index contributed by atoms with van der Waals surface area (Å²) in [6, 6.07) is 0. The van der Waals surface area contributed by atoms with Crippen molar-refractivity contribution in [3.63, 3.8) is 0 Å². The fourth-order valence-corrected chi connectivity index (χ4v) is 1.33. The molecule has 0 spiro atoms. The minimum atomic E-state index is -0.732. The van der Waals surface area contributed by atoms with Crippen LogP contribution in [0.15, 0.2) is 6.33 Å². The molecule has 5 N–H and O–H groups in total. The molecule has 1 aliphatic rings. The van der Waals surface area contributed by atoms with E-state index in [4.69, 9.17) is 26.1 Å². The van der Waals surface area contributed by atoms with E-state index >= 15 is 0 Å². The average molecular weight is 229 g/mol. The molecule has 1 aromatic heterocycles. The third-order valence-corrected chi connectivity index (χ3v) is 2.02. The average Bonchev–Trinajstić information content (AvgIpc) is 2.88. The summed E-state index contributed by atoms with van der Waals surface area (Å²) in [5.74, 6) is -0.00251. The number of aliphatic hydroxyl groups excluding tert-OH is 2. The predicted molar refractivity (Wildman–Crippen MR) is 54.5 cm³/mol. The molecule has 90 valence electrons. The molecular formula is C8H15N5O3. The summed E-state index contributed by atoms with van der Waals surface area (Å²) in [6.45, 7) is 0. The Hall–Kier alpha value is -1.51. The molecular weight excluding hydrogens is 214 g/mol. The third-order valence-electron chi connectivity index (χ3n) is 2.02. The monoisotopic (exact) mass is 229 g/mol. The number of nitrogen functional groups attached to an aromatic ring is 1. The first-order valence-corrected chi connectivity index (χ1v) is 4.70. The van der Waals surface area contributed by atoms with E-state index in [1.54, 1.807) is 0 Å². The maximum absolute atomic E-state index is 9.13. The lowest BCUT2D eigenvalue weighted by Gasteiger charge is -2.09. The Kier molecular flexibility index (Phi) is 4.35. The summed E-state index contributed by atoms with van der Waals surface area (Å²) in [7, 11) is 1.00. The van der Waals surface area contributed by atoms with Gasteiger partial charge in [-0.05, 0) is 6.42 Å². The van der Waals surface area contributed by atoms with Crippen molar-refractivity contribution >= 4 is 5.84 Å². The number of nitrogens with one attached hydrogen (secondary N) is 1. The molecule has 1 aliphatic heterocycles. The van der Waals surface area contributed by atoms with Crippen molar-refractivity contribution in [1.82, 2.24) is 14.8 Å². The minimum Gasteiger partial charge on any atom is -0.400 e. The number of amidine groups is 1. The standard InChI is InChI=1S/C7H11N5O2.CH4O/c8-6(9)7-10-3-12(11-7)4-1-2-5(13)14-4;1-2/h3-5,13H,1-2H2,(H3,8,9);2H,1H3. The maximum Gasteiger partial charge on any atom is 0.215 e. The molecule has 0 radical (unpaired) electrons. The predicted octanol–water partition coefficient (Wildman–Crippen LogP) is -1.20. The van der Waals surface area contributed by atoms with Gasteiger partial charge >= 0.3 is 0 Å². The van der Waals surface area contributed by atoms with Crippen LogP contribution in [0.25, 0.3) is 0 Å². The number of hydrogen-bond acceptors (Lipinski definition) is 6. The van der Waals surface area contributed by atoms with Crippen LogP contribution in [-0.2, 0) is 4.74 Å². The molecule has 0 amide bonds. The Morgan fingerprint density at radius 2 is 2.31 bits per heavy atom. The van der Waals surface area contributed by atoms with Crippen molar-refractivity contribution < 1.29 is 14.9 Å². The molecule has 16 heavy (non-hydrogen) atoms. The normalized spacial score (nSPS) is 23.7. The topological polar surface area (TPSA) is 130 Å². The maximum atomic E-state index is 9.13. The molecule has 2 unspecified atom stereocenters. The molecule has 0 bridgehead atoms. The number of hydrogen-bond donors (Lipinski definition) is 4. The number of ether oxygens (including phenoxy) is 1. The largest absolute Gasteiger partial charge is 0.400 e. The third kappa shape index (κ3) is 2.75. The summed E-state index contributed by atoms with van der Waals surface area (Å²) in [6.07, 6.45) is 1.68. The van der Waals surface area contributed by atoms with E-state index in [1.165, 1.54) is 11.0 Å². The van der Waals surface area contributed by atoms with Gasteiger partial charge in [0.1, 0.15) is 6.33 Å². The van der Waals surface area contributed by atoms with Crippen molar-refractivity contribution in [1.29, 1.82) is 5.41 Å². The van der Waals surface area contributed by atoms with Crippen molar-refractivity contribution in [2.75, 3.05) is 7.11 Å². The quantitative estimate of drug-likeness (QED) is 0.372. The highest BCUT2D eigenvalue weighted by Gasteiger charge is 2.25. The van der Waals surface area contributed by atoms with Crippen LogP contribution in [-0.4, -0.2) is 44.2 Å². The zero-order chi connectivity index (χ0) is 12.1. The van der Waals surface area contributed by atoms with Crippen LogP contribution in [0.5, 0.6) is 0 Å². The number of nitrogens with two attached hydrogens (primary N) is 1. The molecule has 0 aromatic carbocycles. The summed E-state index contributed by atoms with van der Waals surface area (Å²) < 4.78 is 6.61. The zero-order valence-corrected chi connectivity index (χ0v) is 8.87. The van der Waals surface area contributed by atoms with Gasteiger partial charge in [-0.2, -0.15) is 0 Å². The molecule has 2 heterocycles. The van der Waals surface area contributed by atoms with Gasteiger partial charge in [-0.3, -0.25) is 5.41 Å². The van der Waals surface area contributed by atoms with Crippen LogP contribution in [0.1, 0.15) is 24.9 Å². The van der Waals surface area contributed by atoms with Crippen LogP contribution in [0, 0.1) is 5.41 Å². The molecule has 1 aromatic rings. The van der Waals surface area contributed by atoms with E-state index < -0.39 is 6.29 Å². The molecule has 0 saturated carbocycles. The van der Waals surface area contributed by atoms with E-state index in [0.717, 1.165) is 7.11 Å². The van der Waals surface area contributed by atoms with E-state index in [-0.39, 0.29) is 17.9 Å². The van der Waals surface area contributed by atoms with Crippen molar-refractivity contribution in [2.24, 2.45) is 5.73 Å². The molecule has 0 aliphatic carbocycles. The molecule has 8 nitrogen and oxygen atoms in total. The SMILES string of the molecule is CO.N=C(N)c1ncn(C2CCC(O)O2)n1.